The van der Waals surface area contributed by atoms with Gasteiger partial charge < -0.3 is 0 Å². The molecule has 4 nitrogen and oxygen atoms in total. The Balaban J connectivity index is 1.78. The van der Waals surface area contributed by atoms with Crippen molar-refractivity contribution in [2.45, 2.75) is 0 Å². The molecule has 0 amide bonds. The molecular weight excluding hydrogens is 376 g/mol. The van der Waals surface area contributed by atoms with E-state index in [0.29, 0.717) is 0 Å². The van der Waals surface area contributed by atoms with Gasteiger partial charge in [0.25, 0.3) is 0 Å². The third-order valence-electron chi connectivity index (χ3n) is 4.69. The first-order valence-electron chi connectivity index (χ1n) is 9.25. The van der Waals surface area contributed by atoms with Crippen LogP contribution in [0.3, 0.4) is 0 Å². The van der Waals surface area contributed by atoms with Crippen LogP contribution in [0.5, 0.6) is 0 Å². The van der Waals surface area contributed by atoms with Crippen LogP contribution in [-0.2, 0) is 0 Å². The van der Waals surface area contributed by atoms with Gasteiger partial charge in [-0.2, -0.15) is 8.75 Å². The minimum absolute atomic E-state index is 0.834. The van der Waals surface area contributed by atoms with E-state index in [9.17, 15) is 0 Å². The molecule has 5 heteroatoms. The minimum Gasteiger partial charge on any atom is -0.265 e. The van der Waals surface area contributed by atoms with Crippen molar-refractivity contribution in [3.8, 4) is 22.4 Å². The van der Waals surface area contributed by atoms with Gasteiger partial charge in [0.2, 0.25) is 0 Å². The maximum atomic E-state index is 5.04. The second-order valence-corrected chi connectivity index (χ2v) is 7.06. The molecule has 2 aromatic carbocycles. The molecule has 0 aliphatic rings. The molecule has 0 N–H and O–H groups in total. The van der Waals surface area contributed by atoms with E-state index in [4.69, 9.17) is 4.98 Å². The summed E-state index contributed by atoms with van der Waals surface area (Å²) in [4.78, 5) is 9.12. The number of nitrogens with zero attached hydrogens (tertiary/aromatic N) is 4. The molecule has 0 saturated carbocycles. The van der Waals surface area contributed by atoms with E-state index < -0.39 is 0 Å². The number of hydrogen-bond donors (Lipinski definition) is 0. The maximum Gasteiger partial charge on any atom is 0.131 e. The molecule has 3 heterocycles. The van der Waals surface area contributed by atoms with Crippen molar-refractivity contribution in [2.24, 2.45) is 0 Å². The van der Waals surface area contributed by atoms with Crippen molar-refractivity contribution in [1.29, 1.82) is 0 Å². The Bertz CT molecular complexity index is 1280. The molecule has 0 saturated heterocycles. The quantitative estimate of drug-likeness (QED) is 0.377. The second kappa shape index (κ2) is 7.73. The van der Waals surface area contributed by atoms with Crippen LogP contribution in [0.4, 0.5) is 0 Å². The number of pyridine rings is 2. The summed E-state index contributed by atoms with van der Waals surface area (Å²) < 4.78 is 9.22. The first-order chi connectivity index (χ1) is 14.4. The number of rotatable bonds is 4. The van der Waals surface area contributed by atoms with Crippen LogP contribution in [0.25, 0.3) is 45.6 Å². The molecule has 29 heavy (non-hydrogen) atoms. The second-order valence-electron chi connectivity index (χ2n) is 6.53. The van der Waals surface area contributed by atoms with E-state index >= 15 is 0 Å². The summed E-state index contributed by atoms with van der Waals surface area (Å²) in [6.45, 7) is 0. The van der Waals surface area contributed by atoms with Crippen molar-refractivity contribution in [3.63, 3.8) is 0 Å². The van der Waals surface area contributed by atoms with E-state index in [0.717, 1.165) is 44.7 Å². The summed E-state index contributed by atoms with van der Waals surface area (Å²) in [6, 6.07) is 24.3. The molecule has 0 spiro atoms. The van der Waals surface area contributed by atoms with Gasteiger partial charge >= 0.3 is 0 Å². The van der Waals surface area contributed by atoms with Crippen LogP contribution in [0.2, 0.25) is 0 Å². The van der Waals surface area contributed by atoms with Gasteiger partial charge in [0, 0.05) is 23.5 Å². The average Bonchev–Trinajstić information content (AvgIpc) is 3.28. The molecule has 5 aromatic rings. The predicted octanol–water partition coefficient (Wildman–Crippen LogP) is 5.99. The molecule has 0 fully saturated rings. The van der Waals surface area contributed by atoms with Crippen LogP contribution in [0.15, 0.2) is 85.2 Å². The fourth-order valence-electron chi connectivity index (χ4n) is 3.32. The molecule has 138 valence electrons. The van der Waals surface area contributed by atoms with Gasteiger partial charge in [-0.05, 0) is 29.3 Å². The van der Waals surface area contributed by atoms with Crippen LogP contribution in [0.1, 0.15) is 11.3 Å². The minimum atomic E-state index is 0.834. The van der Waals surface area contributed by atoms with Crippen molar-refractivity contribution in [3.05, 3.63) is 96.4 Å². The normalized spacial score (nSPS) is 11.3. The number of aromatic nitrogens is 4. The van der Waals surface area contributed by atoms with Crippen molar-refractivity contribution in [2.75, 3.05) is 0 Å². The highest BCUT2D eigenvalue weighted by atomic mass is 32.1. The third kappa shape index (κ3) is 3.44. The van der Waals surface area contributed by atoms with Gasteiger partial charge in [-0.3, -0.25) is 4.98 Å². The Morgan fingerprint density at radius 3 is 2.03 bits per heavy atom. The van der Waals surface area contributed by atoms with Crippen LogP contribution < -0.4 is 0 Å². The molecular formula is C24H16N4S. The Kier molecular flexibility index (Phi) is 4.64. The topological polar surface area (TPSA) is 51.6 Å². The molecule has 0 bridgehead atoms. The van der Waals surface area contributed by atoms with Crippen LogP contribution >= 0.6 is 11.7 Å². The van der Waals surface area contributed by atoms with Gasteiger partial charge in [0.1, 0.15) is 11.0 Å². The molecule has 0 aliphatic carbocycles. The molecule has 0 atom stereocenters. The zero-order valence-corrected chi connectivity index (χ0v) is 16.3. The number of benzene rings is 2. The Labute approximate surface area is 172 Å². The fourth-order valence-corrected chi connectivity index (χ4v) is 3.87. The van der Waals surface area contributed by atoms with E-state index in [-0.39, 0.29) is 0 Å². The largest absolute Gasteiger partial charge is 0.265 e. The highest BCUT2D eigenvalue weighted by Gasteiger charge is 2.18. The van der Waals surface area contributed by atoms with E-state index in [2.05, 4.69) is 44.1 Å². The predicted molar refractivity (Wildman–Crippen MR) is 119 cm³/mol. The van der Waals surface area contributed by atoms with E-state index in [1.165, 1.54) is 11.7 Å². The molecule has 3 aromatic heterocycles. The van der Waals surface area contributed by atoms with Crippen molar-refractivity contribution < 1.29 is 0 Å². The Morgan fingerprint density at radius 2 is 1.31 bits per heavy atom. The lowest BCUT2D eigenvalue weighted by Crippen LogP contribution is -1.95. The van der Waals surface area contributed by atoms with Crippen molar-refractivity contribution >= 4 is 34.9 Å². The first kappa shape index (κ1) is 17.4. The van der Waals surface area contributed by atoms with Gasteiger partial charge in [-0.15, -0.1) is 0 Å². The van der Waals surface area contributed by atoms with E-state index in [1.54, 1.807) is 12.4 Å². The zero-order valence-electron chi connectivity index (χ0n) is 15.4. The highest BCUT2D eigenvalue weighted by Crippen LogP contribution is 2.36. The maximum absolute atomic E-state index is 5.04. The summed E-state index contributed by atoms with van der Waals surface area (Å²) >= 11 is 1.22. The highest BCUT2D eigenvalue weighted by molar-refractivity contribution is 7.00. The molecule has 0 unspecified atom stereocenters. The zero-order chi connectivity index (χ0) is 19.5. The summed E-state index contributed by atoms with van der Waals surface area (Å²) in [6.07, 6.45) is 7.67. The molecule has 0 aliphatic heterocycles. The lowest BCUT2D eigenvalue weighted by molar-refractivity contribution is 1.31. The van der Waals surface area contributed by atoms with E-state index in [1.807, 2.05) is 54.6 Å². The summed E-state index contributed by atoms with van der Waals surface area (Å²) in [7, 11) is 0. The lowest BCUT2D eigenvalue weighted by Gasteiger charge is -2.10. The molecule has 0 radical (unpaired) electrons. The smallest absolute Gasteiger partial charge is 0.131 e. The first-order valence-corrected chi connectivity index (χ1v) is 9.98. The SMILES string of the molecule is C(=C\c1nc(-c2ccccc2)c2nsnc2c1-c1ccccc1)/c1ccncc1. The monoisotopic (exact) mass is 392 g/mol. The van der Waals surface area contributed by atoms with Crippen LogP contribution in [-0.4, -0.2) is 18.7 Å². The number of hydrogen-bond acceptors (Lipinski definition) is 5. The van der Waals surface area contributed by atoms with Crippen LogP contribution in [0, 0.1) is 0 Å². The van der Waals surface area contributed by atoms with Gasteiger partial charge in [-0.1, -0.05) is 66.7 Å². The fraction of sp³-hybridized carbons (Fsp3) is 0. The average molecular weight is 392 g/mol. The number of fused-ring (bicyclic) bond motifs is 1. The Morgan fingerprint density at radius 1 is 0.655 bits per heavy atom. The molecule has 5 rings (SSSR count). The Hall–Kier alpha value is -3.70. The van der Waals surface area contributed by atoms with Crippen molar-refractivity contribution in [1.82, 2.24) is 18.7 Å². The van der Waals surface area contributed by atoms with Gasteiger partial charge in [0.05, 0.1) is 23.1 Å². The standard InChI is InChI=1S/C24H16N4S/c1-3-7-18(8-4-1)21-20(12-11-17-13-15-25-16-14-17)26-22(19-9-5-2-6-10-19)24-23(21)27-29-28-24/h1-16H/b12-11+. The summed E-state index contributed by atoms with van der Waals surface area (Å²) in [5.41, 5.74) is 7.61. The summed E-state index contributed by atoms with van der Waals surface area (Å²) in [5.74, 6) is 0. The third-order valence-corrected chi connectivity index (χ3v) is 5.22. The summed E-state index contributed by atoms with van der Waals surface area (Å²) in [5, 5.41) is 0. The van der Waals surface area contributed by atoms with Gasteiger partial charge in [0.15, 0.2) is 0 Å². The lowest BCUT2D eigenvalue weighted by atomic mass is 9.99. The van der Waals surface area contributed by atoms with Gasteiger partial charge in [-0.25, -0.2) is 4.98 Å².